The average molecular weight is 360 g/mol. The minimum Gasteiger partial charge on any atom is -0.458 e. The monoisotopic (exact) mass is 360 g/mol. The predicted molar refractivity (Wildman–Crippen MR) is 95.7 cm³/mol. The summed E-state index contributed by atoms with van der Waals surface area (Å²) in [6, 6.07) is 14.9. The van der Waals surface area contributed by atoms with Crippen molar-refractivity contribution < 1.29 is 17.9 Å². The van der Waals surface area contributed by atoms with E-state index in [1.54, 1.807) is 56.3 Å². The third-order valence-corrected chi connectivity index (χ3v) is 4.42. The van der Waals surface area contributed by atoms with Gasteiger partial charge in [-0.15, -0.1) is 0 Å². The number of rotatable bonds is 6. The lowest BCUT2D eigenvalue weighted by atomic mass is 10.1. The van der Waals surface area contributed by atoms with Crippen LogP contribution in [0.25, 0.3) is 0 Å². The Morgan fingerprint density at radius 2 is 1.64 bits per heavy atom. The standard InChI is InChI=1S/C18H20N2O4S/c1-13(2)24-18(21)17(15-7-5-4-6-8-15)19-20-25(22,23)16-11-9-14(3)10-12-16/h4-13,20H,1-3H3/b19-17-. The molecule has 0 amide bonds. The summed E-state index contributed by atoms with van der Waals surface area (Å²) in [5.41, 5.74) is 1.29. The lowest BCUT2D eigenvalue weighted by Crippen LogP contribution is -2.27. The van der Waals surface area contributed by atoms with E-state index in [9.17, 15) is 13.2 Å². The highest BCUT2D eigenvalue weighted by Gasteiger charge is 2.19. The van der Waals surface area contributed by atoms with Gasteiger partial charge in [0.1, 0.15) is 0 Å². The second-order valence-electron chi connectivity index (χ2n) is 5.69. The third-order valence-electron chi connectivity index (χ3n) is 3.19. The fourth-order valence-corrected chi connectivity index (χ4v) is 2.78. The molecule has 0 aliphatic heterocycles. The zero-order valence-corrected chi connectivity index (χ0v) is 15.1. The summed E-state index contributed by atoms with van der Waals surface area (Å²) in [6.07, 6.45) is -0.352. The minimum atomic E-state index is -3.89. The molecule has 0 atom stereocenters. The number of carbonyl (C=O) groups is 1. The molecule has 25 heavy (non-hydrogen) atoms. The predicted octanol–water partition coefficient (Wildman–Crippen LogP) is 2.63. The number of nitrogens with one attached hydrogen (secondary N) is 1. The molecule has 0 spiro atoms. The van der Waals surface area contributed by atoms with Crippen molar-refractivity contribution >= 4 is 21.7 Å². The van der Waals surface area contributed by atoms with Crippen molar-refractivity contribution in [2.45, 2.75) is 31.8 Å². The van der Waals surface area contributed by atoms with Gasteiger partial charge in [0.05, 0.1) is 11.0 Å². The minimum absolute atomic E-state index is 0.0616. The maximum atomic E-state index is 12.4. The third kappa shape index (κ3) is 5.15. The van der Waals surface area contributed by atoms with Crippen LogP contribution in [-0.2, 0) is 19.6 Å². The number of hydrogen-bond acceptors (Lipinski definition) is 5. The molecule has 2 aromatic rings. The molecule has 0 bridgehead atoms. The van der Waals surface area contributed by atoms with Crippen LogP contribution < -0.4 is 4.83 Å². The van der Waals surface area contributed by atoms with Gasteiger partial charge in [-0.05, 0) is 32.9 Å². The molecule has 0 aliphatic rings. The van der Waals surface area contributed by atoms with Crippen LogP contribution in [0.5, 0.6) is 0 Å². The Morgan fingerprint density at radius 1 is 1.04 bits per heavy atom. The molecule has 0 heterocycles. The SMILES string of the molecule is Cc1ccc(S(=O)(=O)N/N=C(\C(=O)OC(C)C)c2ccccc2)cc1. The van der Waals surface area contributed by atoms with Crippen LogP contribution in [0.4, 0.5) is 0 Å². The summed E-state index contributed by atoms with van der Waals surface area (Å²) in [5, 5.41) is 3.82. The highest BCUT2D eigenvalue weighted by atomic mass is 32.2. The Kier molecular flexibility index (Phi) is 5.93. The summed E-state index contributed by atoms with van der Waals surface area (Å²) in [5.74, 6) is -0.701. The largest absolute Gasteiger partial charge is 0.458 e. The van der Waals surface area contributed by atoms with Crippen molar-refractivity contribution in [1.82, 2.24) is 4.83 Å². The number of ether oxygens (including phenoxy) is 1. The number of benzene rings is 2. The number of hydrazone groups is 1. The van der Waals surface area contributed by atoms with E-state index in [0.717, 1.165) is 5.56 Å². The first-order valence-corrected chi connectivity index (χ1v) is 9.20. The zero-order valence-electron chi connectivity index (χ0n) is 14.3. The number of nitrogens with zero attached hydrogens (tertiary/aromatic N) is 1. The normalized spacial score (nSPS) is 12.1. The van der Waals surface area contributed by atoms with E-state index in [1.165, 1.54) is 12.1 Å². The van der Waals surface area contributed by atoms with Gasteiger partial charge in [0.2, 0.25) is 0 Å². The van der Waals surface area contributed by atoms with Gasteiger partial charge in [0.15, 0.2) is 5.71 Å². The Hall–Kier alpha value is -2.67. The van der Waals surface area contributed by atoms with E-state index in [2.05, 4.69) is 9.93 Å². The molecule has 0 unspecified atom stereocenters. The van der Waals surface area contributed by atoms with Gasteiger partial charge < -0.3 is 4.74 Å². The summed E-state index contributed by atoms with van der Waals surface area (Å²) >= 11 is 0. The van der Waals surface area contributed by atoms with Gasteiger partial charge in [-0.2, -0.15) is 18.4 Å². The molecule has 0 aliphatic carbocycles. The molecular formula is C18H20N2O4S. The van der Waals surface area contributed by atoms with E-state index in [1.807, 2.05) is 6.92 Å². The fourth-order valence-electron chi connectivity index (χ4n) is 1.97. The second kappa shape index (κ2) is 7.94. The van der Waals surface area contributed by atoms with E-state index in [0.29, 0.717) is 5.56 Å². The second-order valence-corrected chi connectivity index (χ2v) is 7.35. The maximum Gasteiger partial charge on any atom is 0.359 e. The van der Waals surface area contributed by atoms with Gasteiger partial charge in [0.25, 0.3) is 10.0 Å². The quantitative estimate of drug-likeness (QED) is 0.487. The van der Waals surface area contributed by atoms with Gasteiger partial charge >= 0.3 is 5.97 Å². The molecule has 7 heteroatoms. The first-order chi connectivity index (χ1) is 11.8. The lowest BCUT2D eigenvalue weighted by Gasteiger charge is -2.11. The molecular weight excluding hydrogens is 340 g/mol. The molecule has 0 aromatic heterocycles. The molecule has 0 fully saturated rings. The van der Waals surface area contributed by atoms with E-state index in [-0.39, 0.29) is 16.7 Å². The van der Waals surface area contributed by atoms with Crippen LogP contribution in [0.1, 0.15) is 25.0 Å². The number of aryl methyl sites for hydroxylation is 1. The molecule has 132 valence electrons. The maximum absolute atomic E-state index is 12.4. The molecule has 2 rings (SSSR count). The molecule has 0 radical (unpaired) electrons. The summed E-state index contributed by atoms with van der Waals surface area (Å²) in [6.45, 7) is 5.27. The van der Waals surface area contributed by atoms with E-state index < -0.39 is 16.0 Å². The van der Waals surface area contributed by atoms with Gasteiger partial charge in [-0.3, -0.25) is 0 Å². The van der Waals surface area contributed by atoms with Crippen LogP contribution >= 0.6 is 0 Å². The molecule has 6 nitrogen and oxygen atoms in total. The van der Waals surface area contributed by atoms with Gasteiger partial charge in [-0.1, -0.05) is 48.0 Å². The topological polar surface area (TPSA) is 84.8 Å². The Labute approximate surface area is 147 Å². The van der Waals surface area contributed by atoms with Crippen LogP contribution in [0.2, 0.25) is 0 Å². The van der Waals surface area contributed by atoms with Crippen LogP contribution in [-0.4, -0.2) is 26.2 Å². The van der Waals surface area contributed by atoms with Crippen LogP contribution in [0.15, 0.2) is 64.6 Å². The molecule has 2 aromatic carbocycles. The number of hydrogen-bond donors (Lipinski definition) is 1. The van der Waals surface area contributed by atoms with Gasteiger partial charge in [-0.25, -0.2) is 4.79 Å². The van der Waals surface area contributed by atoms with Crippen molar-refractivity contribution in [3.63, 3.8) is 0 Å². The number of esters is 1. The molecule has 1 N–H and O–H groups in total. The van der Waals surface area contributed by atoms with E-state index in [4.69, 9.17) is 4.74 Å². The van der Waals surface area contributed by atoms with E-state index >= 15 is 0 Å². The highest BCUT2D eigenvalue weighted by Crippen LogP contribution is 2.11. The van der Waals surface area contributed by atoms with Crippen molar-refractivity contribution in [3.05, 3.63) is 65.7 Å². The van der Waals surface area contributed by atoms with Crippen molar-refractivity contribution in [3.8, 4) is 0 Å². The van der Waals surface area contributed by atoms with Gasteiger partial charge in [0, 0.05) is 5.56 Å². The van der Waals surface area contributed by atoms with Crippen LogP contribution in [0, 0.1) is 6.92 Å². The fraction of sp³-hybridized carbons (Fsp3) is 0.222. The smallest absolute Gasteiger partial charge is 0.359 e. The molecule has 0 saturated heterocycles. The summed E-state index contributed by atoms with van der Waals surface area (Å²) in [4.78, 5) is 14.4. The van der Waals surface area contributed by atoms with Crippen molar-refractivity contribution in [2.24, 2.45) is 5.10 Å². The lowest BCUT2D eigenvalue weighted by molar-refractivity contribution is -0.138. The number of carbonyl (C=O) groups excluding carboxylic acids is 1. The Bertz CT molecular complexity index is 858. The first-order valence-electron chi connectivity index (χ1n) is 7.72. The average Bonchev–Trinajstić information content (AvgIpc) is 2.55. The first kappa shape index (κ1) is 18.7. The number of sulfonamides is 1. The summed E-state index contributed by atoms with van der Waals surface area (Å²) in [7, 11) is -3.89. The zero-order chi connectivity index (χ0) is 18.4. The summed E-state index contributed by atoms with van der Waals surface area (Å²) < 4.78 is 29.9. The molecule has 0 saturated carbocycles. The Morgan fingerprint density at radius 3 is 2.20 bits per heavy atom. The van der Waals surface area contributed by atoms with Crippen LogP contribution in [0.3, 0.4) is 0 Å². The van der Waals surface area contributed by atoms with Crippen molar-refractivity contribution in [2.75, 3.05) is 0 Å². The Balaban J connectivity index is 2.34. The van der Waals surface area contributed by atoms with Crippen molar-refractivity contribution in [1.29, 1.82) is 0 Å². The highest BCUT2D eigenvalue weighted by molar-refractivity contribution is 7.89.